The molecular formula is C13H23NO3. The molecular weight excluding hydrogens is 218 g/mol. The summed E-state index contributed by atoms with van der Waals surface area (Å²) >= 11 is 0. The van der Waals surface area contributed by atoms with Gasteiger partial charge < -0.3 is 10.2 Å². The van der Waals surface area contributed by atoms with Crippen LogP contribution < -0.4 is 0 Å². The highest BCUT2D eigenvalue weighted by Gasteiger charge is 2.40. The van der Waals surface area contributed by atoms with Crippen LogP contribution >= 0.6 is 0 Å². The van der Waals surface area contributed by atoms with Crippen LogP contribution in [0.1, 0.15) is 45.4 Å². The number of rotatable bonds is 3. The fraction of sp³-hybridized carbons (Fsp3) is 0.923. The maximum absolute atomic E-state index is 11.2. The van der Waals surface area contributed by atoms with Crippen LogP contribution in [0.5, 0.6) is 0 Å². The van der Waals surface area contributed by atoms with Crippen molar-refractivity contribution in [1.82, 2.24) is 4.90 Å². The molecule has 4 nitrogen and oxygen atoms in total. The third-order valence-electron chi connectivity index (χ3n) is 4.40. The summed E-state index contributed by atoms with van der Waals surface area (Å²) in [5, 5.41) is 18.9. The molecule has 4 heteroatoms. The Bertz CT molecular complexity index is 282. The Morgan fingerprint density at radius 3 is 2.76 bits per heavy atom. The third kappa shape index (κ3) is 2.80. The van der Waals surface area contributed by atoms with Gasteiger partial charge in [0, 0.05) is 19.0 Å². The van der Waals surface area contributed by atoms with E-state index in [-0.39, 0.29) is 0 Å². The zero-order chi connectivity index (χ0) is 12.4. The molecule has 2 fully saturated rings. The van der Waals surface area contributed by atoms with Gasteiger partial charge in [-0.15, -0.1) is 0 Å². The van der Waals surface area contributed by atoms with Crippen LogP contribution in [0, 0.1) is 5.92 Å². The first-order valence-corrected chi connectivity index (χ1v) is 6.78. The minimum atomic E-state index is -0.778. The van der Waals surface area contributed by atoms with Crippen molar-refractivity contribution in [3.63, 3.8) is 0 Å². The first-order chi connectivity index (χ1) is 8.11. The predicted molar refractivity (Wildman–Crippen MR) is 64.8 cm³/mol. The molecule has 2 N–H and O–H groups in total. The van der Waals surface area contributed by atoms with Crippen LogP contribution in [0.15, 0.2) is 0 Å². The molecule has 4 atom stereocenters. The summed E-state index contributed by atoms with van der Waals surface area (Å²) in [4.78, 5) is 13.2. The first kappa shape index (κ1) is 12.8. The lowest BCUT2D eigenvalue weighted by atomic mass is 9.83. The quantitative estimate of drug-likeness (QED) is 0.785. The van der Waals surface area contributed by atoms with E-state index in [0.29, 0.717) is 19.0 Å². The fourth-order valence-electron chi connectivity index (χ4n) is 3.42. The molecule has 2 rings (SSSR count). The monoisotopic (exact) mass is 241 g/mol. The third-order valence-corrected chi connectivity index (χ3v) is 4.40. The molecule has 2 aliphatic rings. The van der Waals surface area contributed by atoms with E-state index in [9.17, 15) is 15.0 Å². The average Bonchev–Trinajstić information content (AvgIpc) is 2.72. The van der Waals surface area contributed by atoms with E-state index < -0.39 is 18.1 Å². The van der Waals surface area contributed by atoms with Gasteiger partial charge in [0.2, 0.25) is 0 Å². The number of β-amino-alcohol motifs (C(OH)–C–C–N with tert-alkyl or cyclic N) is 1. The van der Waals surface area contributed by atoms with Crippen LogP contribution in [0.2, 0.25) is 0 Å². The maximum Gasteiger partial charge on any atom is 0.321 e. The van der Waals surface area contributed by atoms with Crippen molar-refractivity contribution < 1.29 is 15.0 Å². The average molecular weight is 241 g/mol. The van der Waals surface area contributed by atoms with Gasteiger partial charge in [0.05, 0.1) is 6.10 Å². The minimum Gasteiger partial charge on any atom is -0.480 e. The van der Waals surface area contributed by atoms with Gasteiger partial charge in [-0.3, -0.25) is 9.69 Å². The fourth-order valence-corrected chi connectivity index (χ4v) is 3.42. The smallest absolute Gasteiger partial charge is 0.321 e. The molecule has 0 aromatic rings. The second kappa shape index (κ2) is 5.36. The number of likely N-dealkylation sites (tertiary alicyclic amines) is 1. The Morgan fingerprint density at radius 2 is 2.12 bits per heavy atom. The van der Waals surface area contributed by atoms with Gasteiger partial charge in [-0.25, -0.2) is 0 Å². The van der Waals surface area contributed by atoms with Gasteiger partial charge in [0.25, 0.3) is 0 Å². The molecule has 0 radical (unpaired) electrons. The SMILES string of the molecule is CCC1CCCC(N2CC(O)CC2C(=O)O)C1. The zero-order valence-corrected chi connectivity index (χ0v) is 10.5. The van der Waals surface area contributed by atoms with E-state index in [1.807, 2.05) is 4.90 Å². The summed E-state index contributed by atoms with van der Waals surface area (Å²) in [5.41, 5.74) is 0. The molecule has 1 heterocycles. The van der Waals surface area contributed by atoms with Crippen LogP contribution in [0.4, 0.5) is 0 Å². The van der Waals surface area contributed by atoms with E-state index in [0.717, 1.165) is 18.8 Å². The molecule has 1 aliphatic heterocycles. The van der Waals surface area contributed by atoms with Crippen molar-refractivity contribution >= 4 is 5.97 Å². The highest BCUT2D eigenvalue weighted by atomic mass is 16.4. The normalized spacial score (nSPS) is 39.4. The standard InChI is InChI=1S/C13H23NO3/c1-2-9-4-3-5-10(6-9)14-8-11(15)7-12(14)13(16)17/h9-12,15H,2-8H2,1H3,(H,16,17). The zero-order valence-electron chi connectivity index (χ0n) is 10.5. The summed E-state index contributed by atoms with van der Waals surface area (Å²) in [6, 6.07) is -0.0995. The molecule has 0 amide bonds. The van der Waals surface area contributed by atoms with Gasteiger partial charge in [0.1, 0.15) is 6.04 Å². The number of aliphatic carboxylic acids is 1. The Kier molecular flexibility index (Phi) is 4.05. The van der Waals surface area contributed by atoms with Crippen molar-refractivity contribution in [2.45, 2.75) is 63.6 Å². The molecule has 0 bridgehead atoms. The number of aliphatic hydroxyl groups excluding tert-OH is 1. The van der Waals surface area contributed by atoms with Crippen LogP contribution in [-0.2, 0) is 4.79 Å². The molecule has 0 spiro atoms. The van der Waals surface area contributed by atoms with Crippen molar-refractivity contribution in [2.24, 2.45) is 5.92 Å². The second-order valence-corrected chi connectivity index (χ2v) is 5.54. The van der Waals surface area contributed by atoms with E-state index in [4.69, 9.17) is 0 Å². The van der Waals surface area contributed by atoms with Gasteiger partial charge >= 0.3 is 5.97 Å². The number of nitrogens with zero attached hydrogens (tertiary/aromatic N) is 1. The van der Waals surface area contributed by atoms with Gasteiger partial charge in [-0.2, -0.15) is 0 Å². The minimum absolute atomic E-state index is 0.368. The van der Waals surface area contributed by atoms with E-state index in [2.05, 4.69) is 6.92 Å². The highest BCUT2D eigenvalue weighted by Crippen LogP contribution is 2.33. The molecule has 17 heavy (non-hydrogen) atoms. The van der Waals surface area contributed by atoms with Crippen molar-refractivity contribution in [1.29, 1.82) is 0 Å². The molecule has 1 saturated carbocycles. The summed E-state index contributed by atoms with van der Waals surface area (Å²) in [7, 11) is 0. The van der Waals surface area contributed by atoms with Crippen molar-refractivity contribution in [3.8, 4) is 0 Å². The van der Waals surface area contributed by atoms with E-state index in [1.165, 1.54) is 19.3 Å². The molecule has 98 valence electrons. The van der Waals surface area contributed by atoms with Crippen LogP contribution in [0.25, 0.3) is 0 Å². The lowest BCUT2D eigenvalue weighted by Crippen LogP contribution is -2.45. The largest absolute Gasteiger partial charge is 0.480 e. The lowest BCUT2D eigenvalue weighted by Gasteiger charge is -2.37. The first-order valence-electron chi connectivity index (χ1n) is 6.78. The summed E-state index contributed by atoms with van der Waals surface area (Å²) in [5.74, 6) is -0.0406. The molecule has 1 aliphatic carbocycles. The van der Waals surface area contributed by atoms with E-state index >= 15 is 0 Å². The number of carbonyl (C=O) groups is 1. The van der Waals surface area contributed by atoms with Crippen molar-refractivity contribution in [2.75, 3.05) is 6.54 Å². The Labute approximate surface area is 103 Å². The number of hydrogen-bond acceptors (Lipinski definition) is 3. The maximum atomic E-state index is 11.2. The van der Waals surface area contributed by atoms with Gasteiger partial charge in [-0.1, -0.05) is 26.2 Å². The van der Waals surface area contributed by atoms with Crippen LogP contribution in [0.3, 0.4) is 0 Å². The Morgan fingerprint density at radius 1 is 1.35 bits per heavy atom. The molecule has 0 aromatic carbocycles. The van der Waals surface area contributed by atoms with Crippen molar-refractivity contribution in [3.05, 3.63) is 0 Å². The van der Waals surface area contributed by atoms with Gasteiger partial charge in [-0.05, 0) is 18.8 Å². The Hall–Kier alpha value is -0.610. The second-order valence-electron chi connectivity index (χ2n) is 5.54. The van der Waals surface area contributed by atoms with E-state index in [1.54, 1.807) is 0 Å². The number of hydrogen-bond donors (Lipinski definition) is 2. The summed E-state index contributed by atoms with van der Waals surface area (Å²) in [6.45, 7) is 2.75. The summed E-state index contributed by atoms with van der Waals surface area (Å²) < 4.78 is 0. The lowest BCUT2D eigenvalue weighted by molar-refractivity contribution is -0.143. The molecule has 4 unspecified atom stereocenters. The molecule has 0 aromatic heterocycles. The Balaban J connectivity index is 2.02. The topological polar surface area (TPSA) is 60.8 Å². The highest BCUT2D eigenvalue weighted by molar-refractivity contribution is 5.74. The number of carboxylic acid groups (broad SMARTS) is 1. The number of aliphatic hydroxyl groups is 1. The van der Waals surface area contributed by atoms with Crippen LogP contribution in [-0.4, -0.2) is 45.8 Å². The molecule has 1 saturated heterocycles. The predicted octanol–water partition coefficient (Wildman–Crippen LogP) is 1.47. The summed E-state index contributed by atoms with van der Waals surface area (Å²) in [6.07, 6.45) is 5.79. The van der Waals surface area contributed by atoms with Gasteiger partial charge in [0.15, 0.2) is 0 Å². The number of carboxylic acids is 1.